The van der Waals surface area contributed by atoms with Crippen LogP contribution in [0.5, 0.6) is 0 Å². The molecule has 2 aliphatic rings. The van der Waals surface area contributed by atoms with Gasteiger partial charge < -0.3 is 9.80 Å². The summed E-state index contributed by atoms with van der Waals surface area (Å²) in [7, 11) is 0. The van der Waals surface area contributed by atoms with E-state index in [0.717, 1.165) is 20.7 Å². The molecule has 2 aliphatic heterocycles. The SMILES string of the molecule is Cc1c(Cl)c(C(F)(F)F)nn1CC(C(=O)C(Cn1nc(C(F)(F)F)c(Cl)c1C)N1CCN(c2ccc(Cl)cc2)C[C@@H]1C)N1CCN(c2ccc(Cl)cc2)C[C@@H]1C. The highest BCUT2D eigenvalue weighted by molar-refractivity contribution is 6.32. The highest BCUT2D eigenvalue weighted by atomic mass is 35.5. The van der Waals surface area contributed by atoms with E-state index in [9.17, 15) is 26.3 Å². The van der Waals surface area contributed by atoms with Crippen molar-refractivity contribution in [1.29, 1.82) is 0 Å². The number of anilines is 2. The Kier molecular flexibility index (Phi) is 12.5. The van der Waals surface area contributed by atoms with Gasteiger partial charge >= 0.3 is 12.4 Å². The molecule has 2 unspecified atom stereocenters. The fraction of sp³-hybridized carbons (Fsp3) is 0.486. The van der Waals surface area contributed by atoms with Crippen LogP contribution in [-0.4, -0.2) is 98.6 Å². The minimum atomic E-state index is -4.85. The first-order valence-corrected chi connectivity index (χ1v) is 19.4. The average molecular weight is 869 g/mol. The second kappa shape index (κ2) is 16.6. The number of carbonyl (C=O) groups excluding carboxylic acids is 1. The van der Waals surface area contributed by atoms with Gasteiger partial charge in [0, 0.05) is 72.8 Å². The summed E-state index contributed by atoms with van der Waals surface area (Å²) in [5.41, 5.74) is -0.678. The Hall–Kier alpha value is -3.21. The number of carbonyl (C=O) groups is 1. The molecular formula is C37H40Cl4F6N8O. The van der Waals surface area contributed by atoms with Crippen molar-refractivity contribution in [3.05, 3.63) is 91.4 Å². The smallest absolute Gasteiger partial charge is 0.369 e. The zero-order valence-electron chi connectivity index (χ0n) is 30.9. The van der Waals surface area contributed by atoms with Crippen molar-refractivity contribution in [2.24, 2.45) is 0 Å². The van der Waals surface area contributed by atoms with Crippen molar-refractivity contribution in [2.45, 2.75) is 77.3 Å². The van der Waals surface area contributed by atoms with Crippen molar-refractivity contribution < 1.29 is 31.1 Å². The monoisotopic (exact) mass is 866 g/mol. The topological polar surface area (TPSA) is 65.7 Å². The van der Waals surface area contributed by atoms with Gasteiger partial charge in [0.25, 0.3) is 0 Å². The molecule has 6 rings (SSSR count). The molecule has 0 spiro atoms. The predicted molar refractivity (Wildman–Crippen MR) is 206 cm³/mol. The Morgan fingerprint density at radius 1 is 0.643 bits per heavy atom. The number of hydrogen-bond donors (Lipinski definition) is 0. The van der Waals surface area contributed by atoms with E-state index in [4.69, 9.17) is 46.4 Å². The molecule has 56 heavy (non-hydrogen) atoms. The molecule has 9 nitrogen and oxygen atoms in total. The molecule has 4 heterocycles. The van der Waals surface area contributed by atoms with Crippen LogP contribution in [0.4, 0.5) is 37.7 Å². The Bertz CT molecular complexity index is 1880. The summed E-state index contributed by atoms with van der Waals surface area (Å²) in [6, 6.07) is 11.9. The van der Waals surface area contributed by atoms with Crippen LogP contribution < -0.4 is 9.80 Å². The molecule has 4 atom stereocenters. The molecular weight excluding hydrogens is 828 g/mol. The van der Waals surface area contributed by atoms with E-state index < -0.39 is 51.7 Å². The van der Waals surface area contributed by atoms with Gasteiger partial charge in [0.15, 0.2) is 17.2 Å². The van der Waals surface area contributed by atoms with E-state index in [1.54, 1.807) is 24.3 Å². The Balaban J connectivity index is 1.39. The molecule has 2 aromatic carbocycles. The van der Waals surface area contributed by atoms with Gasteiger partial charge in [0.05, 0.1) is 46.6 Å². The molecule has 304 valence electrons. The summed E-state index contributed by atoms with van der Waals surface area (Å²) in [6.45, 7) is 8.55. The standard InChI is InChI=1S/C37H40Cl4F6N8O/c1-21-17-50(27-9-5-25(38)6-10-27)13-15-52(21)29(19-54-23(3)31(40)34(48-54)36(42,43)44)33(56)30(20-55-24(4)32(41)35(49-55)37(45,46)47)53-16-14-51(18-22(53)2)28-11-7-26(39)8-12-28/h5-12,21-22,29-30H,13-20H2,1-4H3/t21-,22-,29?,30?/m0/s1. The van der Waals surface area contributed by atoms with E-state index in [0.29, 0.717) is 49.3 Å². The van der Waals surface area contributed by atoms with Crippen LogP contribution in [0.1, 0.15) is 36.6 Å². The minimum Gasteiger partial charge on any atom is -0.369 e. The van der Waals surface area contributed by atoms with Gasteiger partial charge in [0.1, 0.15) is 0 Å². The first kappa shape index (κ1) is 42.4. The van der Waals surface area contributed by atoms with E-state index in [1.807, 2.05) is 47.9 Å². The second-order valence-electron chi connectivity index (χ2n) is 14.3. The zero-order valence-corrected chi connectivity index (χ0v) is 33.9. The molecule has 19 heteroatoms. The molecule has 0 amide bonds. The molecule has 4 aromatic rings. The number of alkyl halides is 6. The molecule has 0 radical (unpaired) electrons. The van der Waals surface area contributed by atoms with Gasteiger partial charge in [-0.05, 0) is 76.2 Å². The number of aromatic nitrogens is 4. The van der Waals surface area contributed by atoms with E-state index in [2.05, 4.69) is 20.0 Å². The summed E-state index contributed by atoms with van der Waals surface area (Å²) < 4.78 is 86.2. The van der Waals surface area contributed by atoms with Crippen molar-refractivity contribution >= 4 is 63.6 Å². The third-order valence-corrected chi connectivity index (χ3v) is 12.1. The Morgan fingerprint density at radius 3 is 1.27 bits per heavy atom. The quantitative estimate of drug-likeness (QED) is 0.148. The van der Waals surface area contributed by atoms with Crippen LogP contribution in [-0.2, 0) is 30.2 Å². The maximum absolute atomic E-state index is 15.4. The Morgan fingerprint density at radius 2 is 0.982 bits per heavy atom. The van der Waals surface area contributed by atoms with Crippen LogP contribution in [0.25, 0.3) is 0 Å². The maximum Gasteiger partial charge on any atom is 0.436 e. The van der Waals surface area contributed by atoms with E-state index in [-0.39, 0.29) is 36.6 Å². The van der Waals surface area contributed by atoms with Crippen molar-refractivity contribution in [2.75, 3.05) is 49.1 Å². The van der Waals surface area contributed by atoms with Crippen molar-refractivity contribution in [1.82, 2.24) is 29.4 Å². The summed E-state index contributed by atoms with van der Waals surface area (Å²) in [5.74, 6) is -0.414. The number of piperazine rings is 2. The average Bonchev–Trinajstić information content (AvgIpc) is 3.59. The number of rotatable bonds is 10. The first-order valence-electron chi connectivity index (χ1n) is 17.9. The summed E-state index contributed by atoms with van der Waals surface area (Å²) in [5, 5.41) is 7.67. The number of nitrogens with zero attached hydrogens (tertiary/aromatic N) is 8. The van der Waals surface area contributed by atoms with Crippen molar-refractivity contribution in [3.63, 3.8) is 0 Å². The molecule has 2 aromatic heterocycles. The van der Waals surface area contributed by atoms with Gasteiger partial charge in [-0.2, -0.15) is 36.5 Å². The van der Waals surface area contributed by atoms with E-state index >= 15 is 4.79 Å². The van der Waals surface area contributed by atoms with Gasteiger partial charge in [-0.1, -0.05) is 46.4 Å². The predicted octanol–water partition coefficient (Wildman–Crippen LogP) is 8.78. The fourth-order valence-electron chi connectivity index (χ4n) is 7.67. The van der Waals surface area contributed by atoms with Crippen LogP contribution in [0.15, 0.2) is 48.5 Å². The van der Waals surface area contributed by atoms with Crippen LogP contribution in [0, 0.1) is 13.8 Å². The normalized spacial score (nSPS) is 20.1. The zero-order chi connectivity index (χ0) is 40.9. The molecule has 2 saturated heterocycles. The molecule has 0 N–H and O–H groups in total. The summed E-state index contributed by atoms with van der Waals surface area (Å²) in [6.07, 6.45) is -9.70. The number of ketones is 1. The summed E-state index contributed by atoms with van der Waals surface area (Å²) >= 11 is 24.6. The highest BCUT2D eigenvalue weighted by Crippen LogP contribution is 2.37. The minimum absolute atomic E-state index is 0.0234. The second-order valence-corrected chi connectivity index (χ2v) is 15.9. The third-order valence-electron chi connectivity index (χ3n) is 10.7. The molecule has 2 fully saturated rings. The largest absolute Gasteiger partial charge is 0.436 e. The lowest BCUT2D eigenvalue weighted by Gasteiger charge is -2.48. The molecule has 0 bridgehead atoms. The van der Waals surface area contributed by atoms with Crippen LogP contribution in [0.3, 0.4) is 0 Å². The number of Topliss-reactive ketones (excluding diaryl/α,β-unsaturated/α-hetero) is 1. The maximum atomic E-state index is 15.4. The van der Waals surface area contributed by atoms with Gasteiger partial charge in [0.2, 0.25) is 0 Å². The van der Waals surface area contributed by atoms with Crippen molar-refractivity contribution in [3.8, 4) is 0 Å². The lowest BCUT2D eigenvalue weighted by molar-refractivity contribution is -0.142. The number of benzene rings is 2. The Labute approximate surface area is 340 Å². The van der Waals surface area contributed by atoms with Gasteiger partial charge in [-0.15, -0.1) is 0 Å². The van der Waals surface area contributed by atoms with Crippen LogP contribution in [0.2, 0.25) is 20.1 Å². The number of hydrogen-bond acceptors (Lipinski definition) is 7. The number of halogens is 10. The lowest BCUT2D eigenvalue weighted by atomic mass is 9.96. The van der Waals surface area contributed by atoms with Crippen LogP contribution >= 0.6 is 46.4 Å². The third kappa shape index (κ3) is 8.92. The molecule has 0 saturated carbocycles. The van der Waals surface area contributed by atoms with Gasteiger partial charge in [-0.3, -0.25) is 24.0 Å². The summed E-state index contributed by atoms with van der Waals surface area (Å²) in [4.78, 5) is 23.5. The van der Waals surface area contributed by atoms with E-state index in [1.165, 1.54) is 13.8 Å². The first-order chi connectivity index (χ1) is 26.2. The fourth-order valence-corrected chi connectivity index (χ4v) is 8.41. The highest BCUT2D eigenvalue weighted by Gasteiger charge is 2.45. The molecule has 0 aliphatic carbocycles. The van der Waals surface area contributed by atoms with Gasteiger partial charge in [-0.25, -0.2) is 0 Å². The lowest BCUT2D eigenvalue weighted by Crippen LogP contribution is -2.64.